The number of nitrogens with one attached hydrogen (secondary N) is 2. The molecule has 0 aliphatic rings. The maximum Gasteiger partial charge on any atom is 0.308 e. The number of rotatable bonds is 88. The number of hydrogen-bond acceptors (Lipinski definition) is 12. The SMILES string of the molecule is CCCCCCCCC(CCCCCC)C(=O)OCCCCCCN(CCCCCCOC(=O)C(CCCCCC)CCCCCCCC)CCNC(=O)CC(=O)NCCN(CCCCCCOC(=O)C(CCCCCC)CCCCCCCC)CCCCCCOC(=O)C(CCCCCC)CCCCCCCC. The van der Waals surface area contributed by atoms with Crippen LogP contribution in [0.3, 0.4) is 0 Å². The molecule has 4 atom stereocenters. The molecule has 0 saturated carbocycles. The van der Waals surface area contributed by atoms with Crippen LogP contribution >= 0.6 is 0 Å². The van der Waals surface area contributed by atoms with Crippen molar-refractivity contribution in [3.8, 4) is 0 Å². The number of unbranched alkanes of at least 4 members (excludes halogenated alkanes) is 44. The Labute approximate surface area is 675 Å². The van der Waals surface area contributed by atoms with Crippen molar-refractivity contribution in [2.45, 2.75) is 473 Å². The Morgan fingerprint density at radius 3 is 0.578 bits per heavy atom. The number of hydrogen-bond donors (Lipinski definition) is 2. The van der Waals surface area contributed by atoms with Crippen molar-refractivity contribution >= 4 is 35.7 Å². The van der Waals surface area contributed by atoms with Crippen LogP contribution in [-0.4, -0.2) is 124 Å². The Bertz CT molecular complexity index is 1740. The quantitative estimate of drug-likeness (QED) is 0.0256. The van der Waals surface area contributed by atoms with Gasteiger partial charge in [0.15, 0.2) is 0 Å². The monoisotopic (exact) mass is 1540 g/mol. The molecule has 0 aliphatic heterocycles. The number of ether oxygens (including phenoxy) is 4. The third-order valence-corrected chi connectivity index (χ3v) is 22.9. The van der Waals surface area contributed by atoms with Crippen LogP contribution in [0.25, 0.3) is 0 Å². The van der Waals surface area contributed by atoms with Gasteiger partial charge in [-0.2, -0.15) is 0 Å². The maximum atomic E-state index is 13.4. The molecule has 0 bridgehead atoms. The van der Waals surface area contributed by atoms with E-state index < -0.39 is 0 Å². The smallest absolute Gasteiger partial charge is 0.308 e. The first-order valence-corrected chi connectivity index (χ1v) is 48.1. The van der Waals surface area contributed by atoms with E-state index >= 15 is 0 Å². The van der Waals surface area contributed by atoms with Gasteiger partial charge < -0.3 is 39.4 Å². The number of esters is 4. The molecule has 0 fully saturated rings. The molecule has 0 heterocycles. The highest BCUT2D eigenvalue weighted by molar-refractivity contribution is 5.96. The third-order valence-electron chi connectivity index (χ3n) is 22.9. The number of carbonyl (C=O) groups excluding carboxylic acids is 6. The van der Waals surface area contributed by atoms with Gasteiger partial charge in [0, 0.05) is 26.2 Å². The predicted molar refractivity (Wildman–Crippen MR) is 462 cm³/mol. The third kappa shape index (κ3) is 71.1. The largest absolute Gasteiger partial charge is 0.465 e. The van der Waals surface area contributed by atoms with Crippen LogP contribution in [0.4, 0.5) is 0 Å². The van der Waals surface area contributed by atoms with Gasteiger partial charge in [0.05, 0.1) is 50.1 Å². The van der Waals surface area contributed by atoms with Gasteiger partial charge in [-0.15, -0.1) is 0 Å². The summed E-state index contributed by atoms with van der Waals surface area (Å²) in [5.74, 6) is -0.414. The summed E-state index contributed by atoms with van der Waals surface area (Å²) in [7, 11) is 0. The summed E-state index contributed by atoms with van der Waals surface area (Å²) in [5.41, 5.74) is 0. The van der Waals surface area contributed by atoms with E-state index in [-0.39, 0.29) is 65.8 Å². The number of carbonyl (C=O) groups is 6. The maximum absolute atomic E-state index is 13.4. The van der Waals surface area contributed by atoms with Gasteiger partial charge in [-0.05, 0) is 129 Å². The lowest BCUT2D eigenvalue weighted by atomic mass is 9.94. The summed E-state index contributed by atoms with van der Waals surface area (Å²) < 4.78 is 23.8. The molecular formula is C95H184N4O10. The van der Waals surface area contributed by atoms with Crippen LogP contribution in [0.1, 0.15) is 473 Å². The van der Waals surface area contributed by atoms with Gasteiger partial charge in [-0.3, -0.25) is 28.8 Å². The second-order valence-electron chi connectivity index (χ2n) is 33.3. The lowest BCUT2D eigenvalue weighted by Gasteiger charge is -2.23. The minimum atomic E-state index is -0.263. The number of amides is 2. The highest BCUT2D eigenvalue weighted by atomic mass is 16.5. The lowest BCUT2D eigenvalue weighted by molar-refractivity contribution is -0.150. The van der Waals surface area contributed by atoms with Crippen molar-refractivity contribution in [1.29, 1.82) is 0 Å². The summed E-state index contributed by atoms with van der Waals surface area (Å²) in [6.45, 7) is 25.8. The second kappa shape index (κ2) is 84.1. The van der Waals surface area contributed by atoms with Crippen molar-refractivity contribution in [1.82, 2.24) is 20.4 Å². The summed E-state index contributed by atoms with van der Waals surface area (Å²) >= 11 is 0. The second-order valence-corrected chi connectivity index (χ2v) is 33.3. The summed E-state index contributed by atoms with van der Waals surface area (Å²) in [5, 5.41) is 6.15. The standard InChI is InChI=1S/C95H184N4O10/c1-9-17-25-33-37-53-69-86(65-49-29-21-13-5)92(102)106-81-61-45-41-57-75-98(76-58-42-46-62-82-107-93(103)87(66-50-30-22-14-6)70-54-38-34-26-18-10-2)79-73-96-90(100)85-91(101)97-74-80-99(77-59-43-47-63-83-108-94(104)88(67-51-31-23-15-7)71-55-39-35-27-19-11-3)78-60-44-48-64-84-109-95(105)89(68-52-32-24-16-8)72-56-40-36-28-20-12-4/h86-89H,9-85H2,1-8H3,(H,96,100)(H,97,101). The lowest BCUT2D eigenvalue weighted by Crippen LogP contribution is -2.40. The molecule has 644 valence electrons. The Balaban J connectivity index is 5.76. The van der Waals surface area contributed by atoms with Gasteiger partial charge in [-0.1, -0.05) is 364 Å². The fraction of sp³-hybridized carbons (Fsp3) is 0.937. The zero-order valence-corrected chi connectivity index (χ0v) is 73.7. The molecule has 0 rings (SSSR count). The molecule has 0 aliphatic carbocycles. The van der Waals surface area contributed by atoms with E-state index in [0.29, 0.717) is 52.6 Å². The molecule has 0 saturated heterocycles. The van der Waals surface area contributed by atoms with Gasteiger partial charge in [0.25, 0.3) is 0 Å². The molecule has 109 heavy (non-hydrogen) atoms. The highest BCUT2D eigenvalue weighted by Gasteiger charge is 2.24. The van der Waals surface area contributed by atoms with E-state index in [4.69, 9.17) is 18.9 Å². The molecule has 14 heteroatoms. The predicted octanol–water partition coefficient (Wildman–Crippen LogP) is 26.0. The van der Waals surface area contributed by atoms with Gasteiger partial charge in [-0.25, -0.2) is 0 Å². The van der Waals surface area contributed by atoms with E-state index in [1.165, 1.54) is 205 Å². The molecule has 2 amide bonds. The van der Waals surface area contributed by atoms with Gasteiger partial charge in [0.1, 0.15) is 6.42 Å². The Kier molecular flexibility index (Phi) is 81.6. The molecule has 0 spiro atoms. The molecule has 0 radical (unpaired) electrons. The zero-order valence-electron chi connectivity index (χ0n) is 73.7. The fourth-order valence-corrected chi connectivity index (χ4v) is 15.4. The Morgan fingerprint density at radius 1 is 0.211 bits per heavy atom. The summed E-state index contributed by atoms with van der Waals surface area (Å²) in [6.07, 6.45) is 71.3. The van der Waals surface area contributed by atoms with Crippen molar-refractivity contribution in [3.05, 3.63) is 0 Å². The van der Waals surface area contributed by atoms with E-state index in [1.807, 2.05) is 0 Å². The molecule has 4 unspecified atom stereocenters. The van der Waals surface area contributed by atoms with E-state index in [0.717, 1.165) is 232 Å². The molecule has 0 aromatic heterocycles. The first kappa shape index (κ1) is 106. The van der Waals surface area contributed by atoms with E-state index in [9.17, 15) is 28.8 Å². The average Bonchev–Trinajstić information content (AvgIpc) is 0.969. The van der Waals surface area contributed by atoms with Crippen LogP contribution in [0.15, 0.2) is 0 Å². The summed E-state index contributed by atoms with van der Waals surface area (Å²) in [6, 6.07) is 0. The van der Waals surface area contributed by atoms with Crippen LogP contribution < -0.4 is 10.6 Å². The molecule has 0 aromatic rings. The first-order chi connectivity index (χ1) is 53.4. The molecule has 14 nitrogen and oxygen atoms in total. The first-order valence-electron chi connectivity index (χ1n) is 48.1. The summed E-state index contributed by atoms with van der Waals surface area (Å²) in [4.78, 5) is 85.1. The van der Waals surface area contributed by atoms with Crippen molar-refractivity contribution in [3.63, 3.8) is 0 Å². The van der Waals surface area contributed by atoms with Crippen LogP contribution in [0.2, 0.25) is 0 Å². The van der Waals surface area contributed by atoms with Crippen LogP contribution in [-0.2, 0) is 47.7 Å². The van der Waals surface area contributed by atoms with Crippen molar-refractivity contribution in [2.75, 3.05) is 78.8 Å². The van der Waals surface area contributed by atoms with Crippen LogP contribution in [0, 0.1) is 23.7 Å². The molecular weight excluding hydrogens is 1360 g/mol. The minimum Gasteiger partial charge on any atom is -0.465 e. The Hall–Kier alpha value is -3.26. The highest BCUT2D eigenvalue weighted by Crippen LogP contribution is 2.26. The Morgan fingerprint density at radius 2 is 0.376 bits per heavy atom. The normalized spacial score (nSPS) is 12.7. The van der Waals surface area contributed by atoms with Gasteiger partial charge >= 0.3 is 23.9 Å². The minimum absolute atomic E-state index is 0.00712. The van der Waals surface area contributed by atoms with E-state index in [2.05, 4.69) is 75.8 Å². The van der Waals surface area contributed by atoms with Gasteiger partial charge in [0.2, 0.25) is 11.8 Å². The number of nitrogens with zero attached hydrogens (tertiary/aromatic N) is 2. The van der Waals surface area contributed by atoms with E-state index in [1.54, 1.807) is 0 Å². The molecule has 0 aromatic carbocycles. The topological polar surface area (TPSA) is 170 Å². The molecule has 2 N–H and O–H groups in total. The average molecular weight is 1540 g/mol. The van der Waals surface area contributed by atoms with Crippen molar-refractivity contribution < 1.29 is 47.7 Å². The van der Waals surface area contributed by atoms with Crippen LogP contribution in [0.5, 0.6) is 0 Å². The zero-order chi connectivity index (χ0) is 79.6. The fourth-order valence-electron chi connectivity index (χ4n) is 15.4. The van der Waals surface area contributed by atoms with Crippen molar-refractivity contribution in [2.24, 2.45) is 23.7 Å².